The maximum atomic E-state index is 14.4. The van der Waals surface area contributed by atoms with Crippen LogP contribution in [0, 0.1) is 5.92 Å². The highest BCUT2D eigenvalue weighted by Crippen LogP contribution is 2.44. The van der Waals surface area contributed by atoms with E-state index in [-0.39, 0.29) is 6.42 Å². The number of cyclic esters (lactones) is 2. The van der Waals surface area contributed by atoms with Crippen LogP contribution >= 0.6 is 0 Å². The molecule has 0 radical (unpaired) electrons. The first-order chi connectivity index (χ1) is 21.2. The number of methoxy groups -OCH3 is 1. The molecular formula is C35H43F3O7. The number of aldehydes is 1. The average molecular weight is 633 g/mol. The van der Waals surface area contributed by atoms with Gasteiger partial charge >= 0.3 is 24.1 Å². The van der Waals surface area contributed by atoms with E-state index in [2.05, 4.69) is 37.7 Å². The first kappa shape index (κ1) is 37.4. The summed E-state index contributed by atoms with van der Waals surface area (Å²) < 4.78 is 57.9. The summed E-state index contributed by atoms with van der Waals surface area (Å²) in [5.41, 5.74) is 0.0837. The van der Waals surface area contributed by atoms with Gasteiger partial charge < -0.3 is 14.2 Å². The number of hydrogen-bond donors (Lipinski definition) is 0. The summed E-state index contributed by atoms with van der Waals surface area (Å²) in [6.45, 7) is 8.28. The smallest absolute Gasteiger partial charge is 0.432 e. The van der Waals surface area contributed by atoms with Crippen molar-refractivity contribution in [3.8, 4) is 0 Å². The van der Waals surface area contributed by atoms with Crippen molar-refractivity contribution in [1.82, 2.24) is 0 Å². The summed E-state index contributed by atoms with van der Waals surface area (Å²) in [6.07, 6.45) is 5.59. The SMILES string of the molecule is CO[C@](C(=O)O[C@H](C/C=C(/C=O)CC/C=C(\C)CC/C=C(\C)CCC=C(C)C)[C@@H]1CC(=O)OC1=O)(c1ccccc1)C(F)(F)F. The Hall–Kier alpha value is -3.79. The summed E-state index contributed by atoms with van der Waals surface area (Å²) in [5.74, 6) is -5.05. The van der Waals surface area contributed by atoms with Crippen molar-refractivity contribution >= 4 is 24.2 Å². The lowest BCUT2D eigenvalue weighted by molar-refractivity contribution is -0.278. The van der Waals surface area contributed by atoms with Crippen LogP contribution in [0.25, 0.3) is 0 Å². The minimum atomic E-state index is -5.23. The van der Waals surface area contributed by atoms with Crippen molar-refractivity contribution in [2.75, 3.05) is 7.11 Å². The quantitative estimate of drug-likeness (QED) is 0.0568. The molecule has 0 aromatic heterocycles. The van der Waals surface area contributed by atoms with Gasteiger partial charge in [0.25, 0.3) is 5.60 Å². The maximum absolute atomic E-state index is 14.4. The van der Waals surface area contributed by atoms with Gasteiger partial charge in [-0.05, 0) is 71.8 Å². The average Bonchev–Trinajstić information content (AvgIpc) is 3.31. The first-order valence-corrected chi connectivity index (χ1v) is 15.0. The molecule has 0 spiro atoms. The number of allylic oxidation sites excluding steroid dienone is 7. The highest BCUT2D eigenvalue weighted by Gasteiger charge is 2.64. The van der Waals surface area contributed by atoms with Crippen LogP contribution in [0.15, 0.2) is 76.9 Å². The number of esters is 3. The Balaban J connectivity index is 2.16. The monoisotopic (exact) mass is 632 g/mol. The number of rotatable bonds is 17. The number of benzene rings is 1. The predicted octanol–water partition coefficient (Wildman–Crippen LogP) is 7.81. The van der Waals surface area contributed by atoms with Crippen LogP contribution in [0.5, 0.6) is 0 Å². The van der Waals surface area contributed by atoms with Crippen LogP contribution in [0.3, 0.4) is 0 Å². The van der Waals surface area contributed by atoms with Gasteiger partial charge in [-0.25, -0.2) is 4.79 Å². The number of hydrogen-bond acceptors (Lipinski definition) is 7. The Kier molecular flexibility index (Phi) is 14.7. The van der Waals surface area contributed by atoms with Crippen molar-refractivity contribution in [1.29, 1.82) is 0 Å². The summed E-state index contributed by atoms with van der Waals surface area (Å²) in [5, 5.41) is 0. The second kappa shape index (κ2) is 17.6. The molecule has 1 aromatic rings. The van der Waals surface area contributed by atoms with Crippen molar-refractivity contribution in [3.63, 3.8) is 0 Å². The molecule has 0 N–H and O–H groups in total. The molecule has 3 atom stereocenters. The van der Waals surface area contributed by atoms with Crippen LogP contribution in [0.4, 0.5) is 13.2 Å². The Morgan fingerprint density at radius 2 is 1.51 bits per heavy atom. The summed E-state index contributed by atoms with van der Waals surface area (Å²) >= 11 is 0. The van der Waals surface area contributed by atoms with E-state index in [0.29, 0.717) is 24.7 Å². The second-order valence-corrected chi connectivity index (χ2v) is 11.4. The summed E-state index contributed by atoms with van der Waals surface area (Å²) in [4.78, 5) is 49.3. The molecule has 45 heavy (non-hydrogen) atoms. The minimum absolute atomic E-state index is 0.293. The number of carbonyl (C=O) groups excluding carboxylic acids is 4. The van der Waals surface area contributed by atoms with E-state index in [4.69, 9.17) is 9.47 Å². The molecule has 0 unspecified atom stereocenters. The Morgan fingerprint density at radius 3 is 2.00 bits per heavy atom. The van der Waals surface area contributed by atoms with Crippen molar-refractivity contribution < 1.29 is 46.6 Å². The van der Waals surface area contributed by atoms with Gasteiger partial charge in [-0.3, -0.25) is 14.4 Å². The number of alkyl halides is 3. The van der Waals surface area contributed by atoms with E-state index in [1.54, 1.807) is 0 Å². The van der Waals surface area contributed by atoms with Crippen LogP contribution < -0.4 is 0 Å². The van der Waals surface area contributed by atoms with Gasteiger partial charge in [0.15, 0.2) is 0 Å². The molecule has 1 aliphatic heterocycles. The summed E-state index contributed by atoms with van der Waals surface area (Å²) in [7, 11) is 0.730. The second-order valence-electron chi connectivity index (χ2n) is 11.4. The molecule has 1 saturated heterocycles. The van der Waals surface area contributed by atoms with Gasteiger partial charge in [-0.2, -0.15) is 13.2 Å². The molecule has 0 bridgehead atoms. The molecule has 246 valence electrons. The molecule has 0 saturated carbocycles. The molecule has 1 aliphatic rings. The molecular weight excluding hydrogens is 589 g/mol. The van der Waals surface area contributed by atoms with Gasteiger partial charge in [-0.15, -0.1) is 0 Å². The largest absolute Gasteiger partial charge is 0.458 e. The fraction of sp³-hybridized carbons (Fsp3) is 0.486. The van der Waals surface area contributed by atoms with Gasteiger partial charge in [0.1, 0.15) is 18.3 Å². The van der Waals surface area contributed by atoms with Gasteiger partial charge in [0, 0.05) is 19.1 Å². The third-order valence-electron chi connectivity index (χ3n) is 7.60. The van der Waals surface area contributed by atoms with E-state index in [1.807, 2.05) is 13.0 Å². The van der Waals surface area contributed by atoms with Gasteiger partial charge in [-0.1, -0.05) is 71.4 Å². The number of halogens is 3. The Labute approximate surface area is 263 Å². The fourth-order valence-corrected chi connectivity index (χ4v) is 4.98. The van der Waals surface area contributed by atoms with Crippen LogP contribution in [-0.2, 0) is 39.0 Å². The van der Waals surface area contributed by atoms with Crippen LogP contribution in [0.2, 0.25) is 0 Å². The molecule has 1 aromatic carbocycles. The van der Waals surface area contributed by atoms with Crippen molar-refractivity contribution in [2.24, 2.45) is 5.92 Å². The normalized spacial score (nSPS) is 18.2. The third-order valence-corrected chi connectivity index (χ3v) is 7.60. The standard InChI is InChI=1S/C35H43F3O7/c1-24(2)12-9-13-25(3)14-10-15-26(4)16-11-17-27(23-39)20-21-30(29-22-31(40)45-32(29)41)44-33(42)34(43-5,35(36,37)38)28-18-7-6-8-19-28/h6-8,12,14,16,18-20,23,29-30H,9-11,13,15,17,21-22H2,1-5H3/b25-14+,26-16+,27-20+/t29-,30+,34-/m0/s1. The van der Waals surface area contributed by atoms with Crippen LogP contribution in [-0.4, -0.2) is 43.6 Å². The lowest BCUT2D eigenvalue weighted by Gasteiger charge is -2.34. The van der Waals surface area contributed by atoms with E-state index >= 15 is 0 Å². The third kappa shape index (κ3) is 11.0. The molecule has 7 nitrogen and oxygen atoms in total. The van der Waals surface area contributed by atoms with Crippen molar-refractivity contribution in [2.45, 2.75) is 96.9 Å². The lowest BCUT2D eigenvalue weighted by atomic mass is 9.91. The Bertz CT molecular complexity index is 1300. The molecule has 0 amide bonds. The fourth-order valence-electron chi connectivity index (χ4n) is 4.98. The molecule has 10 heteroatoms. The first-order valence-electron chi connectivity index (χ1n) is 15.0. The zero-order valence-corrected chi connectivity index (χ0v) is 26.6. The van der Waals surface area contributed by atoms with Gasteiger partial charge in [0.2, 0.25) is 0 Å². The lowest BCUT2D eigenvalue weighted by Crippen LogP contribution is -2.53. The highest BCUT2D eigenvalue weighted by atomic mass is 19.4. The predicted molar refractivity (Wildman–Crippen MR) is 164 cm³/mol. The topological polar surface area (TPSA) is 96.0 Å². The van der Waals surface area contributed by atoms with E-state index < -0.39 is 53.7 Å². The highest BCUT2D eigenvalue weighted by molar-refractivity contribution is 5.95. The molecule has 1 heterocycles. The molecule has 2 rings (SSSR count). The van der Waals surface area contributed by atoms with E-state index in [1.165, 1.54) is 35.4 Å². The van der Waals surface area contributed by atoms with Crippen LogP contribution in [0.1, 0.15) is 84.6 Å². The Morgan fingerprint density at radius 1 is 0.933 bits per heavy atom. The van der Waals surface area contributed by atoms with E-state index in [0.717, 1.165) is 50.5 Å². The number of ether oxygens (including phenoxy) is 3. The van der Waals surface area contributed by atoms with Gasteiger partial charge in [0.05, 0.1) is 6.42 Å². The summed E-state index contributed by atoms with van der Waals surface area (Å²) in [6, 6.07) is 6.25. The number of carbonyl (C=O) groups is 4. The maximum Gasteiger partial charge on any atom is 0.432 e. The van der Waals surface area contributed by atoms with Crippen molar-refractivity contribution in [3.05, 3.63) is 82.5 Å². The molecule has 0 aliphatic carbocycles. The molecule has 1 fully saturated rings. The minimum Gasteiger partial charge on any atom is -0.458 e. The zero-order chi connectivity index (χ0) is 33.6. The van der Waals surface area contributed by atoms with E-state index in [9.17, 15) is 32.3 Å². The zero-order valence-electron chi connectivity index (χ0n) is 26.6.